The van der Waals surface area contributed by atoms with Crippen molar-refractivity contribution in [1.29, 1.82) is 0 Å². The Morgan fingerprint density at radius 2 is 1.95 bits per heavy atom. The van der Waals surface area contributed by atoms with Crippen molar-refractivity contribution in [1.82, 2.24) is 0 Å². The molecule has 0 fully saturated rings. The van der Waals surface area contributed by atoms with Crippen LogP contribution in [0.3, 0.4) is 0 Å². The van der Waals surface area contributed by atoms with Gasteiger partial charge in [0.15, 0.2) is 0 Å². The zero-order valence-corrected chi connectivity index (χ0v) is 12.8. The normalized spacial score (nSPS) is 11.8. The molecule has 0 radical (unpaired) electrons. The second kappa shape index (κ2) is 7.14. The van der Waals surface area contributed by atoms with Crippen LogP contribution in [0.5, 0.6) is 5.75 Å². The van der Waals surface area contributed by atoms with Gasteiger partial charge in [0.2, 0.25) is 0 Å². The molecule has 0 aliphatic rings. The smallest absolute Gasteiger partial charge is 0.316 e. The van der Waals surface area contributed by atoms with Gasteiger partial charge in [0.05, 0.1) is 7.11 Å². The van der Waals surface area contributed by atoms with E-state index in [1.165, 1.54) is 7.11 Å². The number of benzene rings is 2. The number of carbonyl (C=O) groups is 1. The van der Waals surface area contributed by atoms with Crippen LogP contribution in [0.2, 0.25) is 5.02 Å². The van der Waals surface area contributed by atoms with Crippen LogP contribution in [-0.2, 0) is 9.53 Å². The van der Waals surface area contributed by atoms with Crippen LogP contribution in [0.1, 0.15) is 17.0 Å². The van der Waals surface area contributed by atoms with Crippen molar-refractivity contribution >= 4 is 17.6 Å². The van der Waals surface area contributed by atoms with Crippen LogP contribution < -0.4 is 4.74 Å². The van der Waals surface area contributed by atoms with E-state index in [0.29, 0.717) is 10.8 Å². The molecule has 0 aromatic heterocycles. The summed E-state index contributed by atoms with van der Waals surface area (Å²) in [4.78, 5) is 12.0. The first-order valence-electron chi connectivity index (χ1n) is 6.63. The number of carbonyl (C=O) groups excluding carboxylic acids is 1. The lowest BCUT2D eigenvalue weighted by Gasteiger charge is -2.18. The highest BCUT2D eigenvalue weighted by molar-refractivity contribution is 6.30. The summed E-state index contributed by atoms with van der Waals surface area (Å²) in [5.74, 6) is -0.147. The summed E-state index contributed by atoms with van der Waals surface area (Å²) in [7, 11) is 1.38. The van der Waals surface area contributed by atoms with Gasteiger partial charge in [-0.25, -0.2) is 0 Å². The highest BCUT2D eigenvalue weighted by Gasteiger charge is 2.23. The summed E-state index contributed by atoms with van der Waals surface area (Å²) in [5.41, 5.74) is 1.94. The Balaban J connectivity index is 2.18. The Labute approximate surface area is 129 Å². The minimum atomic E-state index is -0.463. The fourth-order valence-electron chi connectivity index (χ4n) is 2.14. The maximum absolute atomic E-state index is 12.0. The molecular weight excluding hydrogens is 288 g/mol. The van der Waals surface area contributed by atoms with E-state index in [0.717, 1.165) is 11.1 Å². The first-order chi connectivity index (χ1) is 10.1. The molecule has 2 aromatic rings. The molecule has 1 unspecified atom stereocenters. The van der Waals surface area contributed by atoms with Gasteiger partial charge in [-0.05, 0) is 36.2 Å². The quantitative estimate of drug-likeness (QED) is 0.784. The molecule has 1 atom stereocenters. The summed E-state index contributed by atoms with van der Waals surface area (Å²) in [6.45, 7) is 2.17. The lowest BCUT2D eigenvalue weighted by Crippen LogP contribution is -2.22. The molecule has 0 heterocycles. The molecule has 0 saturated carbocycles. The lowest BCUT2D eigenvalue weighted by molar-refractivity contribution is -0.143. The summed E-state index contributed by atoms with van der Waals surface area (Å²) < 4.78 is 10.6. The predicted molar refractivity (Wildman–Crippen MR) is 82.9 cm³/mol. The molecule has 21 heavy (non-hydrogen) atoms. The van der Waals surface area contributed by atoms with E-state index < -0.39 is 5.92 Å². The molecule has 2 aromatic carbocycles. The van der Waals surface area contributed by atoms with Crippen molar-refractivity contribution in [3.8, 4) is 5.75 Å². The average Bonchev–Trinajstić information content (AvgIpc) is 2.49. The Morgan fingerprint density at radius 3 is 2.62 bits per heavy atom. The predicted octanol–water partition coefficient (Wildman–Crippen LogP) is 3.98. The number of aryl methyl sites for hydroxylation is 1. The average molecular weight is 305 g/mol. The molecule has 0 N–H and O–H groups in total. The standard InChI is InChI=1S/C17H17ClO3/c1-12-6-3-4-9-15(12)16(17(19)20-2)11-21-14-8-5-7-13(18)10-14/h3-10,16H,11H2,1-2H3. The largest absolute Gasteiger partial charge is 0.492 e. The topological polar surface area (TPSA) is 35.5 Å². The van der Waals surface area contributed by atoms with Crippen LogP contribution in [-0.4, -0.2) is 19.7 Å². The maximum Gasteiger partial charge on any atom is 0.316 e. The zero-order chi connectivity index (χ0) is 15.2. The van der Waals surface area contributed by atoms with Gasteiger partial charge in [-0.1, -0.05) is 41.9 Å². The minimum absolute atomic E-state index is 0.206. The minimum Gasteiger partial charge on any atom is -0.492 e. The molecule has 0 aliphatic heterocycles. The van der Waals surface area contributed by atoms with E-state index >= 15 is 0 Å². The molecule has 2 rings (SSSR count). The van der Waals surface area contributed by atoms with Gasteiger partial charge in [0, 0.05) is 5.02 Å². The third-order valence-corrected chi connectivity index (χ3v) is 3.50. The molecule has 0 spiro atoms. The zero-order valence-electron chi connectivity index (χ0n) is 12.0. The van der Waals surface area contributed by atoms with Crippen molar-refractivity contribution in [3.63, 3.8) is 0 Å². The summed E-state index contributed by atoms with van der Waals surface area (Å²) in [5, 5.41) is 0.595. The van der Waals surface area contributed by atoms with Crippen molar-refractivity contribution in [2.45, 2.75) is 12.8 Å². The number of methoxy groups -OCH3 is 1. The highest BCUT2D eigenvalue weighted by atomic mass is 35.5. The lowest BCUT2D eigenvalue weighted by atomic mass is 9.95. The molecule has 0 saturated heterocycles. The molecule has 3 nitrogen and oxygen atoms in total. The van der Waals surface area contributed by atoms with Crippen LogP contribution >= 0.6 is 11.6 Å². The first kappa shape index (κ1) is 15.4. The number of rotatable bonds is 5. The van der Waals surface area contributed by atoms with Crippen LogP contribution in [0, 0.1) is 6.92 Å². The van der Waals surface area contributed by atoms with Gasteiger partial charge in [-0.15, -0.1) is 0 Å². The Kier molecular flexibility index (Phi) is 5.23. The highest BCUT2D eigenvalue weighted by Crippen LogP contribution is 2.24. The second-order valence-electron chi connectivity index (χ2n) is 4.70. The van der Waals surface area contributed by atoms with Gasteiger partial charge in [-0.3, -0.25) is 4.79 Å². The van der Waals surface area contributed by atoms with E-state index in [1.807, 2.05) is 31.2 Å². The van der Waals surface area contributed by atoms with E-state index in [4.69, 9.17) is 21.1 Å². The van der Waals surface area contributed by atoms with E-state index in [1.54, 1.807) is 24.3 Å². The monoisotopic (exact) mass is 304 g/mol. The number of esters is 1. The number of halogens is 1. The van der Waals surface area contributed by atoms with Crippen LogP contribution in [0.4, 0.5) is 0 Å². The molecule has 4 heteroatoms. The molecule has 110 valence electrons. The molecular formula is C17H17ClO3. The molecule has 0 bridgehead atoms. The number of hydrogen-bond acceptors (Lipinski definition) is 3. The SMILES string of the molecule is COC(=O)C(COc1cccc(Cl)c1)c1ccccc1C. The fraction of sp³-hybridized carbons (Fsp3) is 0.235. The van der Waals surface area contributed by atoms with Crippen molar-refractivity contribution in [2.75, 3.05) is 13.7 Å². The van der Waals surface area contributed by atoms with Gasteiger partial charge in [0.25, 0.3) is 0 Å². The maximum atomic E-state index is 12.0. The summed E-state index contributed by atoms with van der Waals surface area (Å²) in [6, 6.07) is 14.8. The van der Waals surface area contributed by atoms with Crippen molar-refractivity contribution in [2.24, 2.45) is 0 Å². The number of ether oxygens (including phenoxy) is 2. The third-order valence-electron chi connectivity index (χ3n) is 3.26. The van der Waals surface area contributed by atoms with Gasteiger partial charge >= 0.3 is 5.97 Å². The Hall–Kier alpha value is -2.00. The van der Waals surface area contributed by atoms with Crippen LogP contribution in [0.25, 0.3) is 0 Å². The summed E-state index contributed by atoms with van der Waals surface area (Å²) in [6.07, 6.45) is 0. The molecule has 0 aliphatic carbocycles. The first-order valence-corrected chi connectivity index (χ1v) is 7.01. The van der Waals surface area contributed by atoms with E-state index in [9.17, 15) is 4.79 Å². The van der Waals surface area contributed by atoms with Gasteiger partial charge < -0.3 is 9.47 Å². The van der Waals surface area contributed by atoms with Crippen molar-refractivity contribution in [3.05, 3.63) is 64.7 Å². The van der Waals surface area contributed by atoms with Gasteiger partial charge in [-0.2, -0.15) is 0 Å². The van der Waals surface area contributed by atoms with E-state index in [2.05, 4.69) is 0 Å². The van der Waals surface area contributed by atoms with E-state index in [-0.39, 0.29) is 12.6 Å². The summed E-state index contributed by atoms with van der Waals surface area (Å²) >= 11 is 5.92. The molecule has 0 amide bonds. The van der Waals surface area contributed by atoms with Gasteiger partial charge in [0.1, 0.15) is 18.3 Å². The van der Waals surface area contributed by atoms with Crippen molar-refractivity contribution < 1.29 is 14.3 Å². The second-order valence-corrected chi connectivity index (χ2v) is 5.14. The fourth-order valence-corrected chi connectivity index (χ4v) is 2.32. The van der Waals surface area contributed by atoms with Crippen LogP contribution in [0.15, 0.2) is 48.5 Å². The Bertz CT molecular complexity index is 625. The Morgan fingerprint density at radius 1 is 1.19 bits per heavy atom. The number of hydrogen-bond donors (Lipinski definition) is 0. The third kappa shape index (κ3) is 3.99.